The molecule has 0 aromatic heterocycles. The van der Waals surface area contributed by atoms with Gasteiger partial charge in [-0.3, -0.25) is 19.3 Å². The number of benzene rings is 2. The molecule has 34 heavy (non-hydrogen) atoms. The van der Waals surface area contributed by atoms with E-state index in [0.29, 0.717) is 17.2 Å². The Kier molecular flexibility index (Phi) is 5.12. The van der Waals surface area contributed by atoms with E-state index in [4.69, 9.17) is 16.3 Å². The Balaban J connectivity index is 1.47. The maximum absolute atomic E-state index is 14.0. The molecule has 2 aromatic carbocycles. The molecule has 2 amide bonds. The number of likely N-dealkylation sites (tertiary alicyclic amines) is 1. The van der Waals surface area contributed by atoms with Crippen LogP contribution in [0.4, 0.5) is 5.69 Å². The van der Waals surface area contributed by atoms with Gasteiger partial charge in [-0.1, -0.05) is 48.0 Å². The molecule has 0 radical (unpaired) electrons. The van der Waals surface area contributed by atoms with E-state index in [1.165, 1.54) is 4.90 Å². The minimum atomic E-state index is -0.814. The van der Waals surface area contributed by atoms with Crippen molar-refractivity contribution in [3.8, 4) is 0 Å². The van der Waals surface area contributed by atoms with Crippen LogP contribution in [0.15, 0.2) is 54.6 Å². The van der Waals surface area contributed by atoms with Gasteiger partial charge in [0.05, 0.1) is 35.5 Å². The molecule has 3 fully saturated rings. The maximum atomic E-state index is 14.0. The molecule has 0 spiro atoms. The number of allylic oxidation sites excluding steroid dienone is 1. The first kappa shape index (κ1) is 21.6. The van der Waals surface area contributed by atoms with Gasteiger partial charge < -0.3 is 9.64 Å². The summed E-state index contributed by atoms with van der Waals surface area (Å²) in [6.07, 6.45) is 3.66. The summed E-state index contributed by atoms with van der Waals surface area (Å²) in [6, 6.07) is 13.6. The Morgan fingerprint density at radius 3 is 2.56 bits per heavy atom. The number of hydrogen-bond donors (Lipinski definition) is 0. The van der Waals surface area contributed by atoms with Gasteiger partial charge in [0, 0.05) is 23.4 Å². The van der Waals surface area contributed by atoms with E-state index in [9.17, 15) is 14.4 Å². The molecule has 174 valence electrons. The fourth-order valence-electron chi connectivity index (χ4n) is 6.15. The molecule has 0 aliphatic carbocycles. The zero-order chi connectivity index (χ0) is 23.6. The van der Waals surface area contributed by atoms with Crippen LogP contribution < -0.4 is 4.90 Å². The van der Waals surface area contributed by atoms with E-state index < -0.39 is 17.9 Å². The summed E-state index contributed by atoms with van der Waals surface area (Å²) in [7, 11) is 0. The highest BCUT2D eigenvalue weighted by Gasteiger charge is 2.64. The third-order valence-electron chi connectivity index (χ3n) is 7.66. The number of imide groups is 1. The standard InChI is InChI=1S/C27H25ClN2O4/c1-15-13-21-22-23(27(33)29(26(22)32)14-16-7-6-12-34-16)24(25(31)18-9-2-4-10-19(18)28)30(21)20-11-5-3-8-17(15)20/h2-5,8-11,13,16,21-24H,6-7,12,14H2,1H3/t16-,21+,22-,23+,24-/m0/s1. The number of nitrogens with zero attached hydrogens (tertiary/aromatic N) is 2. The van der Waals surface area contributed by atoms with E-state index in [-0.39, 0.29) is 36.3 Å². The summed E-state index contributed by atoms with van der Waals surface area (Å²) in [4.78, 5) is 44.8. The smallest absolute Gasteiger partial charge is 0.235 e. The van der Waals surface area contributed by atoms with Crippen LogP contribution in [0.25, 0.3) is 5.57 Å². The van der Waals surface area contributed by atoms with Gasteiger partial charge in [-0.05, 0) is 43.5 Å². The number of carbonyl (C=O) groups excluding carboxylic acids is 3. The van der Waals surface area contributed by atoms with E-state index in [1.807, 2.05) is 42.2 Å². The van der Waals surface area contributed by atoms with Crippen LogP contribution in [-0.4, -0.2) is 53.8 Å². The molecule has 2 aromatic rings. The van der Waals surface area contributed by atoms with Gasteiger partial charge in [0.25, 0.3) is 0 Å². The van der Waals surface area contributed by atoms with Gasteiger partial charge in [-0.25, -0.2) is 0 Å². The average Bonchev–Trinajstić information content (AvgIpc) is 3.53. The van der Waals surface area contributed by atoms with Crippen LogP contribution in [0, 0.1) is 11.8 Å². The molecule has 7 heteroatoms. The molecular formula is C27H25ClN2O4. The predicted octanol–water partition coefficient (Wildman–Crippen LogP) is 3.98. The van der Waals surface area contributed by atoms with Gasteiger partial charge in [0.2, 0.25) is 11.8 Å². The lowest BCUT2D eigenvalue weighted by atomic mass is 9.85. The van der Waals surface area contributed by atoms with Gasteiger partial charge >= 0.3 is 0 Å². The third-order valence-corrected chi connectivity index (χ3v) is 7.99. The molecule has 5 atom stereocenters. The number of hydrogen-bond acceptors (Lipinski definition) is 5. The van der Waals surface area contributed by atoms with Crippen LogP contribution in [0.5, 0.6) is 0 Å². The summed E-state index contributed by atoms with van der Waals surface area (Å²) in [5.41, 5.74) is 3.29. The average molecular weight is 477 g/mol. The molecule has 0 N–H and O–H groups in total. The lowest BCUT2D eigenvalue weighted by Crippen LogP contribution is -2.50. The molecule has 6 rings (SSSR count). The van der Waals surface area contributed by atoms with Crippen molar-refractivity contribution < 1.29 is 19.1 Å². The summed E-state index contributed by atoms with van der Waals surface area (Å²) in [5, 5.41) is 0.345. The number of Topliss-reactive ketones (excluding diaryl/α,β-unsaturated/α-hetero) is 1. The van der Waals surface area contributed by atoms with Crippen LogP contribution in [0.2, 0.25) is 5.02 Å². The second kappa shape index (κ2) is 8.07. The van der Waals surface area contributed by atoms with Crippen molar-refractivity contribution in [1.29, 1.82) is 0 Å². The van der Waals surface area contributed by atoms with E-state index >= 15 is 0 Å². The Morgan fingerprint density at radius 1 is 1.06 bits per heavy atom. The van der Waals surface area contributed by atoms with Crippen LogP contribution in [0.1, 0.15) is 35.7 Å². The van der Waals surface area contributed by atoms with Crippen LogP contribution in [0.3, 0.4) is 0 Å². The number of rotatable bonds is 4. The highest BCUT2D eigenvalue weighted by atomic mass is 35.5. The minimum absolute atomic E-state index is 0.134. The Bertz CT molecular complexity index is 1230. The lowest BCUT2D eigenvalue weighted by Gasteiger charge is -2.38. The van der Waals surface area contributed by atoms with Crippen molar-refractivity contribution in [2.45, 2.75) is 38.0 Å². The largest absolute Gasteiger partial charge is 0.376 e. The third kappa shape index (κ3) is 3.08. The van der Waals surface area contributed by atoms with Crippen molar-refractivity contribution in [3.05, 3.63) is 70.8 Å². The van der Waals surface area contributed by atoms with Gasteiger partial charge in [-0.15, -0.1) is 0 Å². The van der Waals surface area contributed by atoms with Crippen molar-refractivity contribution in [1.82, 2.24) is 4.90 Å². The van der Waals surface area contributed by atoms with E-state index in [0.717, 1.165) is 29.7 Å². The maximum Gasteiger partial charge on any atom is 0.235 e. The topological polar surface area (TPSA) is 66.9 Å². The molecule has 0 bridgehead atoms. The van der Waals surface area contributed by atoms with E-state index in [2.05, 4.69) is 0 Å². The Hall–Kier alpha value is -2.96. The minimum Gasteiger partial charge on any atom is -0.376 e. The predicted molar refractivity (Wildman–Crippen MR) is 129 cm³/mol. The Morgan fingerprint density at radius 2 is 1.79 bits per heavy atom. The first-order valence-electron chi connectivity index (χ1n) is 11.8. The van der Waals surface area contributed by atoms with Gasteiger partial charge in [0.15, 0.2) is 5.78 Å². The summed E-state index contributed by atoms with van der Waals surface area (Å²) < 4.78 is 5.71. The number of amides is 2. The number of anilines is 1. The molecule has 4 aliphatic heterocycles. The monoisotopic (exact) mass is 476 g/mol. The second-order valence-corrected chi connectivity index (χ2v) is 9.93. The second-order valence-electron chi connectivity index (χ2n) is 9.53. The van der Waals surface area contributed by atoms with Crippen LogP contribution >= 0.6 is 11.6 Å². The number of ketones is 1. The number of ether oxygens (including phenoxy) is 1. The van der Waals surface area contributed by atoms with Crippen molar-refractivity contribution in [2.75, 3.05) is 18.1 Å². The highest BCUT2D eigenvalue weighted by Crippen LogP contribution is 2.50. The fourth-order valence-corrected chi connectivity index (χ4v) is 6.38. The quantitative estimate of drug-likeness (QED) is 0.493. The fraction of sp³-hybridized carbons (Fsp3) is 0.370. The molecule has 4 aliphatic rings. The number of para-hydroxylation sites is 1. The first-order chi connectivity index (χ1) is 16.5. The van der Waals surface area contributed by atoms with Crippen molar-refractivity contribution >= 4 is 40.5 Å². The van der Waals surface area contributed by atoms with E-state index in [1.54, 1.807) is 24.3 Å². The highest BCUT2D eigenvalue weighted by molar-refractivity contribution is 6.34. The molecule has 0 unspecified atom stereocenters. The molecule has 4 heterocycles. The lowest BCUT2D eigenvalue weighted by molar-refractivity contribution is -0.142. The summed E-state index contributed by atoms with van der Waals surface area (Å²) >= 11 is 6.42. The zero-order valence-electron chi connectivity index (χ0n) is 18.8. The Labute approximate surface area is 203 Å². The molecular weight excluding hydrogens is 452 g/mol. The SMILES string of the molecule is CC1=C[C@@H]2[C@@H]3C(=O)N(C[C@@H]4CCCO4)C(=O)[C@H]3[C@@H](C(=O)c3ccccc3Cl)N2c2ccccc21. The summed E-state index contributed by atoms with van der Waals surface area (Å²) in [5.74, 6) is -2.11. The van der Waals surface area contributed by atoms with Crippen LogP contribution in [-0.2, 0) is 14.3 Å². The molecule has 0 saturated carbocycles. The van der Waals surface area contributed by atoms with Crippen molar-refractivity contribution in [3.63, 3.8) is 0 Å². The summed E-state index contributed by atoms with van der Waals surface area (Å²) in [6.45, 7) is 2.92. The van der Waals surface area contributed by atoms with Gasteiger partial charge in [-0.2, -0.15) is 0 Å². The van der Waals surface area contributed by atoms with Crippen molar-refractivity contribution in [2.24, 2.45) is 11.8 Å². The number of fused-ring (bicyclic) bond motifs is 5. The van der Waals surface area contributed by atoms with Gasteiger partial charge in [0.1, 0.15) is 6.04 Å². The molecule has 3 saturated heterocycles. The number of carbonyl (C=O) groups is 3. The zero-order valence-corrected chi connectivity index (χ0v) is 19.6. The number of halogens is 1. The molecule has 6 nitrogen and oxygen atoms in total. The first-order valence-corrected chi connectivity index (χ1v) is 12.2. The normalized spacial score (nSPS) is 29.7.